The molecular weight excluding hydrogens is 412 g/mol. The summed E-state index contributed by atoms with van der Waals surface area (Å²) in [7, 11) is 1.82. The molecule has 33 heavy (non-hydrogen) atoms. The van der Waals surface area contributed by atoms with Crippen LogP contribution in [0.1, 0.15) is 30.0 Å². The van der Waals surface area contributed by atoms with Gasteiger partial charge in [0.15, 0.2) is 0 Å². The second kappa shape index (κ2) is 9.33. The maximum atomic E-state index is 13.8. The standard InChI is InChI=1S/C28H28N2O3/c1-5-16-33-23-13-9-12-22(18-23)30-27(31)25(24-15-14-19(2)17-20(24)3)26(28(30)32)29(4)21-10-7-6-8-11-21/h6-15,17-18H,5,16H2,1-4H3. The lowest BCUT2D eigenvalue weighted by atomic mass is 9.97. The highest BCUT2D eigenvalue weighted by atomic mass is 16.5. The van der Waals surface area contributed by atoms with Gasteiger partial charge in [-0.3, -0.25) is 9.59 Å². The molecule has 0 atom stereocenters. The molecule has 0 spiro atoms. The number of likely N-dealkylation sites (N-methyl/N-ethyl adjacent to an activating group) is 1. The summed E-state index contributed by atoms with van der Waals surface area (Å²) < 4.78 is 5.74. The average molecular weight is 441 g/mol. The number of hydrogen-bond acceptors (Lipinski definition) is 4. The van der Waals surface area contributed by atoms with Crippen LogP contribution in [0.5, 0.6) is 5.75 Å². The summed E-state index contributed by atoms with van der Waals surface area (Å²) >= 11 is 0. The highest BCUT2D eigenvalue weighted by molar-refractivity contribution is 6.46. The Kier molecular flexibility index (Phi) is 6.31. The third-order valence-electron chi connectivity index (χ3n) is 5.74. The quantitative estimate of drug-likeness (QED) is 0.455. The van der Waals surface area contributed by atoms with Gasteiger partial charge in [-0.05, 0) is 55.7 Å². The number of amides is 2. The number of nitrogens with zero attached hydrogens (tertiary/aromatic N) is 2. The van der Waals surface area contributed by atoms with E-state index in [9.17, 15) is 9.59 Å². The first-order chi connectivity index (χ1) is 15.9. The normalized spacial score (nSPS) is 13.6. The van der Waals surface area contributed by atoms with Gasteiger partial charge in [-0.2, -0.15) is 0 Å². The number of hydrogen-bond donors (Lipinski definition) is 0. The van der Waals surface area contributed by atoms with E-state index in [0.717, 1.165) is 28.8 Å². The minimum Gasteiger partial charge on any atom is -0.494 e. The van der Waals surface area contributed by atoms with E-state index >= 15 is 0 Å². The van der Waals surface area contributed by atoms with Crippen LogP contribution in [0.15, 0.2) is 78.5 Å². The van der Waals surface area contributed by atoms with Gasteiger partial charge in [-0.15, -0.1) is 0 Å². The van der Waals surface area contributed by atoms with E-state index in [2.05, 4.69) is 0 Å². The average Bonchev–Trinajstić information content (AvgIpc) is 3.07. The van der Waals surface area contributed by atoms with Crippen LogP contribution in [-0.2, 0) is 9.59 Å². The molecule has 0 N–H and O–H groups in total. The third-order valence-corrected chi connectivity index (χ3v) is 5.74. The van der Waals surface area contributed by atoms with Crippen LogP contribution in [0, 0.1) is 13.8 Å². The Balaban J connectivity index is 1.85. The lowest BCUT2D eigenvalue weighted by Gasteiger charge is -2.22. The van der Waals surface area contributed by atoms with Crippen molar-refractivity contribution in [3.63, 3.8) is 0 Å². The van der Waals surface area contributed by atoms with Gasteiger partial charge in [0.1, 0.15) is 11.4 Å². The maximum absolute atomic E-state index is 13.8. The van der Waals surface area contributed by atoms with E-state index in [1.807, 2.05) is 82.4 Å². The molecule has 5 nitrogen and oxygen atoms in total. The molecule has 5 heteroatoms. The van der Waals surface area contributed by atoms with Crippen LogP contribution in [0.2, 0.25) is 0 Å². The van der Waals surface area contributed by atoms with Crippen molar-refractivity contribution in [2.75, 3.05) is 23.5 Å². The number of para-hydroxylation sites is 1. The first-order valence-electron chi connectivity index (χ1n) is 11.1. The topological polar surface area (TPSA) is 49.9 Å². The zero-order valence-electron chi connectivity index (χ0n) is 19.5. The lowest BCUT2D eigenvalue weighted by molar-refractivity contribution is -0.120. The Bertz CT molecular complexity index is 1230. The second-order valence-electron chi connectivity index (χ2n) is 8.23. The zero-order chi connectivity index (χ0) is 23.5. The molecule has 0 aromatic heterocycles. The van der Waals surface area contributed by atoms with Crippen molar-refractivity contribution < 1.29 is 14.3 Å². The van der Waals surface area contributed by atoms with E-state index in [1.54, 1.807) is 23.1 Å². The number of benzene rings is 3. The lowest BCUT2D eigenvalue weighted by Crippen LogP contribution is -2.34. The van der Waals surface area contributed by atoms with E-state index in [1.165, 1.54) is 4.90 Å². The fraction of sp³-hybridized carbons (Fsp3) is 0.214. The van der Waals surface area contributed by atoms with Crippen molar-refractivity contribution in [1.29, 1.82) is 0 Å². The van der Waals surface area contributed by atoms with Gasteiger partial charge in [-0.1, -0.05) is 55.0 Å². The van der Waals surface area contributed by atoms with Crippen LogP contribution in [0.25, 0.3) is 5.57 Å². The SMILES string of the molecule is CCCOc1cccc(N2C(=O)C(c3ccc(C)cc3C)=C(N(C)c3ccccc3)C2=O)c1. The van der Waals surface area contributed by atoms with Crippen LogP contribution >= 0.6 is 0 Å². The molecule has 4 rings (SSSR count). The van der Waals surface area contributed by atoms with Crippen molar-refractivity contribution in [2.24, 2.45) is 0 Å². The Hall–Kier alpha value is -3.86. The summed E-state index contributed by atoms with van der Waals surface area (Å²) in [5, 5.41) is 0. The summed E-state index contributed by atoms with van der Waals surface area (Å²) in [6.45, 7) is 6.58. The molecule has 1 aliphatic rings. The minimum absolute atomic E-state index is 0.336. The number of anilines is 2. The van der Waals surface area contributed by atoms with Gasteiger partial charge < -0.3 is 9.64 Å². The Morgan fingerprint density at radius 1 is 0.879 bits per heavy atom. The number of aryl methyl sites for hydroxylation is 2. The van der Waals surface area contributed by atoms with E-state index in [4.69, 9.17) is 4.74 Å². The minimum atomic E-state index is -0.353. The summed E-state index contributed by atoms with van der Waals surface area (Å²) in [5.74, 6) is -0.0563. The van der Waals surface area contributed by atoms with Crippen molar-refractivity contribution in [1.82, 2.24) is 0 Å². The molecule has 1 aliphatic heterocycles. The third kappa shape index (κ3) is 4.27. The molecule has 0 bridgehead atoms. The van der Waals surface area contributed by atoms with Crippen molar-refractivity contribution in [2.45, 2.75) is 27.2 Å². The molecule has 1 heterocycles. The molecule has 168 valence electrons. The van der Waals surface area contributed by atoms with Crippen molar-refractivity contribution >= 4 is 28.8 Å². The largest absolute Gasteiger partial charge is 0.494 e. The van der Waals surface area contributed by atoms with Gasteiger partial charge in [0.05, 0.1) is 17.9 Å². The number of rotatable bonds is 7. The summed E-state index contributed by atoms with van der Waals surface area (Å²) in [5.41, 5.74) is 4.91. The molecule has 0 unspecified atom stereocenters. The molecule has 0 aliphatic carbocycles. The summed E-state index contributed by atoms with van der Waals surface area (Å²) in [6, 6.07) is 22.7. The highest BCUT2D eigenvalue weighted by Crippen LogP contribution is 2.38. The van der Waals surface area contributed by atoms with Gasteiger partial charge in [0.25, 0.3) is 11.8 Å². The predicted molar refractivity (Wildman–Crippen MR) is 132 cm³/mol. The predicted octanol–water partition coefficient (Wildman–Crippen LogP) is 5.51. The molecule has 0 saturated carbocycles. The molecular formula is C28H28N2O3. The Morgan fingerprint density at radius 3 is 2.33 bits per heavy atom. The molecule has 2 amide bonds. The molecule has 3 aromatic rings. The maximum Gasteiger partial charge on any atom is 0.282 e. The molecule has 0 radical (unpaired) electrons. The number of ether oxygens (including phenoxy) is 1. The van der Waals surface area contributed by atoms with Gasteiger partial charge in [-0.25, -0.2) is 4.90 Å². The van der Waals surface area contributed by atoms with E-state index in [0.29, 0.717) is 29.3 Å². The van der Waals surface area contributed by atoms with Crippen LogP contribution in [0.4, 0.5) is 11.4 Å². The smallest absolute Gasteiger partial charge is 0.282 e. The van der Waals surface area contributed by atoms with E-state index in [-0.39, 0.29) is 11.8 Å². The summed E-state index contributed by atoms with van der Waals surface area (Å²) in [6.07, 6.45) is 0.871. The van der Waals surface area contributed by atoms with Crippen molar-refractivity contribution in [3.8, 4) is 5.75 Å². The first kappa shape index (κ1) is 22.3. The van der Waals surface area contributed by atoms with E-state index < -0.39 is 0 Å². The van der Waals surface area contributed by atoms with Gasteiger partial charge in [0.2, 0.25) is 0 Å². The van der Waals surface area contributed by atoms with Crippen LogP contribution in [0.3, 0.4) is 0 Å². The van der Waals surface area contributed by atoms with Crippen LogP contribution < -0.4 is 14.5 Å². The second-order valence-corrected chi connectivity index (χ2v) is 8.23. The number of carbonyl (C=O) groups excluding carboxylic acids is 2. The summed E-state index contributed by atoms with van der Waals surface area (Å²) in [4.78, 5) is 30.6. The number of imide groups is 1. The van der Waals surface area contributed by atoms with Gasteiger partial charge >= 0.3 is 0 Å². The number of carbonyl (C=O) groups is 2. The monoisotopic (exact) mass is 440 g/mol. The Labute approximate surface area is 194 Å². The fourth-order valence-electron chi connectivity index (χ4n) is 4.11. The Morgan fingerprint density at radius 2 is 1.64 bits per heavy atom. The highest BCUT2D eigenvalue weighted by Gasteiger charge is 2.42. The fourth-order valence-corrected chi connectivity index (χ4v) is 4.11. The van der Waals surface area contributed by atoms with Crippen molar-refractivity contribution in [3.05, 3.63) is 95.2 Å². The van der Waals surface area contributed by atoms with Gasteiger partial charge in [0, 0.05) is 18.8 Å². The molecule has 0 saturated heterocycles. The zero-order valence-corrected chi connectivity index (χ0v) is 19.5. The molecule has 0 fully saturated rings. The first-order valence-corrected chi connectivity index (χ1v) is 11.1. The molecule has 3 aromatic carbocycles. The van der Waals surface area contributed by atoms with Crippen LogP contribution in [-0.4, -0.2) is 25.5 Å².